The van der Waals surface area contributed by atoms with Crippen molar-refractivity contribution >= 4 is 5.78 Å². The Morgan fingerprint density at radius 1 is 1.11 bits per heavy atom. The van der Waals surface area contributed by atoms with Gasteiger partial charge in [-0.3, -0.25) is 4.79 Å². The highest BCUT2D eigenvalue weighted by Gasteiger charge is 1.99. The second-order valence-corrected chi connectivity index (χ2v) is 5.17. The van der Waals surface area contributed by atoms with Crippen molar-refractivity contribution in [3.8, 4) is 5.75 Å². The molecule has 0 heterocycles. The van der Waals surface area contributed by atoms with Gasteiger partial charge in [-0.15, -0.1) is 0 Å². The minimum atomic E-state index is 0.0928. The van der Waals surface area contributed by atoms with Gasteiger partial charge in [-0.2, -0.15) is 0 Å². The fourth-order valence-corrected chi connectivity index (χ4v) is 1.81. The standard InChI is InChI=1S/C16H24O2/c1-13(2)7-5-4-6-12-18-16-10-8-15(9-11-16)14(3)17/h8-11,13H,4-7,12H2,1-3H3. The molecule has 0 saturated heterocycles. The van der Waals surface area contributed by atoms with Crippen LogP contribution in [0.3, 0.4) is 0 Å². The minimum absolute atomic E-state index is 0.0928. The van der Waals surface area contributed by atoms with Gasteiger partial charge in [0.05, 0.1) is 6.61 Å². The lowest BCUT2D eigenvalue weighted by Gasteiger charge is -2.07. The zero-order chi connectivity index (χ0) is 13.4. The molecule has 0 fully saturated rings. The molecule has 0 N–H and O–H groups in total. The summed E-state index contributed by atoms with van der Waals surface area (Å²) in [6.45, 7) is 6.85. The zero-order valence-corrected chi connectivity index (χ0v) is 11.7. The highest BCUT2D eigenvalue weighted by atomic mass is 16.5. The van der Waals surface area contributed by atoms with Crippen LogP contribution in [-0.4, -0.2) is 12.4 Å². The normalized spacial score (nSPS) is 10.7. The molecule has 0 saturated carbocycles. The fraction of sp³-hybridized carbons (Fsp3) is 0.562. The molecule has 2 heteroatoms. The summed E-state index contributed by atoms with van der Waals surface area (Å²) in [6, 6.07) is 7.36. The predicted octanol–water partition coefficient (Wildman–Crippen LogP) is 4.48. The summed E-state index contributed by atoms with van der Waals surface area (Å²) >= 11 is 0. The van der Waals surface area contributed by atoms with Crippen LogP contribution in [0.1, 0.15) is 56.8 Å². The predicted molar refractivity (Wildman–Crippen MR) is 75.2 cm³/mol. The van der Waals surface area contributed by atoms with Crippen molar-refractivity contribution in [3.05, 3.63) is 29.8 Å². The van der Waals surface area contributed by atoms with Crippen molar-refractivity contribution in [2.45, 2.75) is 46.5 Å². The zero-order valence-electron chi connectivity index (χ0n) is 11.7. The van der Waals surface area contributed by atoms with E-state index in [4.69, 9.17) is 4.74 Å². The van der Waals surface area contributed by atoms with Crippen molar-refractivity contribution in [1.82, 2.24) is 0 Å². The number of rotatable bonds is 8. The van der Waals surface area contributed by atoms with E-state index in [1.54, 1.807) is 6.92 Å². The van der Waals surface area contributed by atoms with Crippen molar-refractivity contribution in [2.24, 2.45) is 5.92 Å². The smallest absolute Gasteiger partial charge is 0.159 e. The summed E-state index contributed by atoms with van der Waals surface area (Å²) in [5.41, 5.74) is 0.735. The van der Waals surface area contributed by atoms with Gasteiger partial charge in [-0.05, 0) is 43.5 Å². The number of carbonyl (C=O) groups is 1. The Balaban J connectivity index is 2.17. The molecule has 1 aromatic rings. The largest absolute Gasteiger partial charge is 0.494 e. The SMILES string of the molecule is CC(=O)c1ccc(OCCCCCC(C)C)cc1. The number of ether oxygens (including phenoxy) is 1. The third-order valence-corrected chi connectivity index (χ3v) is 2.96. The summed E-state index contributed by atoms with van der Waals surface area (Å²) in [4.78, 5) is 11.1. The Kier molecular flexibility index (Phi) is 6.48. The topological polar surface area (TPSA) is 26.3 Å². The van der Waals surface area contributed by atoms with E-state index in [-0.39, 0.29) is 5.78 Å². The van der Waals surface area contributed by atoms with Gasteiger partial charge in [0, 0.05) is 5.56 Å². The molecule has 0 aromatic heterocycles. The van der Waals surface area contributed by atoms with E-state index in [2.05, 4.69) is 13.8 Å². The average molecular weight is 248 g/mol. The van der Waals surface area contributed by atoms with Crippen LogP contribution in [0.4, 0.5) is 0 Å². The second kappa shape index (κ2) is 7.91. The van der Waals surface area contributed by atoms with Crippen LogP contribution in [0.2, 0.25) is 0 Å². The molecule has 0 aliphatic heterocycles. The Bertz CT molecular complexity index is 352. The van der Waals surface area contributed by atoms with E-state index in [0.717, 1.165) is 30.3 Å². The quantitative estimate of drug-likeness (QED) is 0.500. The number of Topliss-reactive ketones (excluding diaryl/α,β-unsaturated/α-hetero) is 1. The number of hydrogen-bond donors (Lipinski definition) is 0. The Hall–Kier alpha value is -1.31. The first-order valence-electron chi connectivity index (χ1n) is 6.83. The van der Waals surface area contributed by atoms with E-state index in [9.17, 15) is 4.79 Å². The maximum Gasteiger partial charge on any atom is 0.159 e. The molecule has 0 bridgehead atoms. The molecule has 0 aliphatic carbocycles. The molecule has 1 rings (SSSR count). The van der Waals surface area contributed by atoms with Crippen molar-refractivity contribution in [1.29, 1.82) is 0 Å². The number of unbranched alkanes of at least 4 members (excludes halogenated alkanes) is 2. The molecule has 18 heavy (non-hydrogen) atoms. The van der Waals surface area contributed by atoms with Gasteiger partial charge in [0.25, 0.3) is 0 Å². The van der Waals surface area contributed by atoms with Crippen LogP contribution >= 0.6 is 0 Å². The molecule has 0 spiro atoms. The molecule has 100 valence electrons. The molecule has 0 aliphatic rings. The minimum Gasteiger partial charge on any atom is -0.494 e. The first kappa shape index (κ1) is 14.7. The van der Waals surface area contributed by atoms with Crippen molar-refractivity contribution in [2.75, 3.05) is 6.61 Å². The van der Waals surface area contributed by atoms with E-state index in [1.807, 2.05) is 24.3 Å². The summed E-state index contributed by atoms with van der Waals surface area (Å²) in [5, 5.41) is 0. The molecule has 1 aromatic carbocycles. The van der Waals surface area contributed by atoms with Crippen LogP contribution < -0.4 is 4.74 Å². The average Bonchev–Trinajstić information content (AvgIpc) is 2.34. The third kappa shape index (κ3) is 5.85. The van der Waals surface area contributed by atoms with E-state index >= 15 is 0 Å². The highest BCUT2D eigenvalue weighted by molar-refractivity contribution is 5.94. The second-order valence-electron chi connectivity index (χ2n) is 5.17. The Morgan fingerprint density at radius 2 is 1.78 bits per heavy atom. The van der Waals surface area contributed by atoms with E-state index in [0.29, 0.717) is 0 Å². The van der Waals surface area contributed by atoms with Gasteiger partial charge in [0.15, 0.2) is 5.78 Å². The first-order valence-corrected chi connectivity index (χ1v) is 6.83. The first-order chi connectivity index (χ1) is 8.59. The van der Waals surface area contributed by atoms with Crippen molar-refractivity contribution < 1.29 is 9.53 Å². The molecule has 0 radical (unpaired) electrons. The van der Waals surface area contributed by atoms with Crippen LogP contribution in [0.15, 0.2) is 24.3 Å². The monoisotopic (exact) mass is 248 g/mol. The van der Waals surface area contributed by atoms with E-state index in [1.165, 1.54) is 19.3 Å². The highest BCUT2D eigenvalue weighted by Crippen LogP contribution is 2.14. The summed E-state index contributed by atoms with van der Waals surface area (Å²) in [5.74, 6) is 1.74. The van der Waals surface area contributed by atoms with Crippen LogP contribution in [0.5, 0.6) is 5.75 Å². The number of ketones is 1. The molecular weight excluding hydrogens is 224 g/mol. The number of hydrogen-bond acceptors (Lipinski definition) is 2. The lowest BCUT2D eigenvalue weighted by atomic mass is 10.1. The Morgan fingerprint density at radius 3 is 2.33 bits per heavy atom. The lowest BCUT2D eigenvalue weighted by Crippen LogP contribution is -1.98. The molecule has 0 atom stereocenters. The maximum absolute atomic E-state index is 11.1. The summed E-state index contributed by atoms with van der Waals surface area (Å²) in [7, 11) is 0. The molecule has 0 unspecified atom stereocenters. The van der Waals surface area contributed by atoms with Gasteiger partial charge in [-0.25, -0.2) is 0 Å². The summed E-state index contributed by atoms with van der Waals surface area (Å²) < 4.78 is 5.64. The van der Waals surface area contributed by atoms with E-state index < -0.39 is 0 Å². The fourth-order valence-electron chi connectivity index (χ4n) is 1.81. The van der Waals surface area contributed by atoms with Gasteiger partial charge in [-0.1, -0.05) is 33.1 Å². The maximum atomic E-state index is 11.1. The van der Waals surface area contributed by atoms with Gasteiger partial charge < -0.3 is 4.74 Å². The van der Waals surface area contributed by atoms with Gasteiger partial charge >= 0.3 is 0 Å². The third-order valence-electron chi connectivity index (χ3n) is 2.96. The molecular formula is C16H24O2. The van der Waals surface area contributed by atoms with Gasteiger partial charge in [0.1, 0.15) is 5.75 Å². The number of benzene rings is 1. The molecule has 0 amide bonds. The number of carbonyl (C=O) groups excluding carboxylic acids is 1. The van der Waals surface area contributed by atoms with Crippen LogP contribution in [0, 0.1) is 5.92 Å². The summed E-state index contributed by atoms with van der Waals surface area (Å²) in [6.07, 6.45) is 4.91. The van der Waals surface area contributed by atoms with Crippen LogP contribution in [0.25, 0.3) is 0 Å². The van der Waals surface area contributed by atoms with Gasteiger partial charge in [0.2, 0.25) is 0 Å². The lowest BCUT2D eigenvalue weighted by molar-refractivity contribution is 0.101. The van der Waals surface area contributed by atoms with Crippen LogP contribution in [-0.2, 0) is 0 Å². The Labute approximate surface area is 110 Å². The molecule has 2 nitrogen and oxygen atoms in total. The van der Waals surface area contributed by atoms with Crippen molar-refractivity contribution in [3.63, 3.8) is 0 Å².